The smallest absolute Gasteiger partial charge is 0.340 e. The number of hydrogen-bond donors (Lipinski definition) is 0. The molecule has 0 spiro atoms. The molecule has 1 saturated heterocycles. The number of thiophene rings is 1. The van der Waals surface area contributed by atoms with E-state index in [4.69, 9.17) is 9.47 Å². The fraction of sp³-hybridized carbons (Fsp3) is 0.333. The molecule has 1 amide bonds. The lowest BCUT2D eigenvalue weighted by Gasteiger charge is -2.35. The van der Waals surface area contributed by atoms with E-state index in [0.29, 0.717) is 24.2 Å². The van der Waals surface area contributed by atoms with Crippen molar-refractivity contribution in [3.05, 3.63) is 58.0 Å². The predicted molar refractivity (Wildman–Crippen MR) is 106 cm³/mol. The summed E-state index contributed by atoms with van der Waals surface area (Å²) in [6, 6.07) is 9.44. The normalized spacial score (nSPS) is 20.1. The number of rotatable bonds is 5. The molecule has 1 aliphatic heterocycles. The Labute approximate surface area is 167 Å². The summed E-state index contributed by atoms with van der Waals surface area (Å²) in [6.45, 7) is 4.43. The zero-order valence-electron chi connectivity index (χ0n) is 15.8. The number of nitrogens with zero attached hydrogens (tertiary/aromatic N) is 1. The molecule has 0 saturated carbocycles. The van der Waals surface area contributed by atoms with Gasteiger partial charge in [-0.25, -0.2) is 9.18 Å². The van der Waals surface area contributed by atoms with Crippen molar-refractivity contribution in [2.24, 2.45) is 0 Å². The van der Waals surface area contributed by atoms with Crippen molar-refractivity contribution in [2.45, 2.75) is 26.1 Å². The van der Waals surface area contributed by atoms with Crippen LogP contribution in [0.15, 0.2) is 41.8 Å². The second-order valence-corrected chi connectivity index (χ2v) is 7.67. The third-order valence-corrected chi connectivity index (χ3v) is 5.19. The minimum atomic E-state index is -0.588. The lowest BCUT2D eigenvalue weighted by atomic mass is 10.1. The molecule has 1 aromatic heterocycles. The molecule has 0 aliphatic carbocycles. The molecule has 5 nitrogen and oxygen atoms in total. The highest BCUT2D eigenvalue weighted by Crippen LogP contribution is 2.24. The maximum atomic E-state index is 13.1. The lowest BCUT2D eigenvalue weighted by molar-refractivity contribution is -0.154. The number of benzene rings is 1. The molecule has 0 bridgehead atoms. The number of halogens is 1. The van der Waals surface area contributed by atoms with Crippen LogP contribution in [0.4, 0.5) is 4.39 Å². The van der Waals surface area contributed by atoms with Crippen LogP contribution < -0.4 is 0 Å². The number of carbonyl (C=O) groups is 2. The number of carbonyl (C=O) groups excluding carboxylic acids is 2. The summed E-state index contributed by atoms with van der Waals surface area (Å²) in [5, 5.41) is 1.85. The summed E-state index contributed by atoms with van der Waals surface area (Å²) >= 11 is 1.39. The van der Waals surface area contributed by atoms with E-state index >= 15 is 0 Å². The maximum Gasteiger partial charge on any atom is 0.340 e. The predicted octanol–water partition coefficient (Wildman–Crippen LogP) is 3.61. The molecule has 2 unspecified atom stereocenters. The van der Waals surface area contributed by atoms with Gasteiger partial charge in [0, 0.05) is 18.0 Å². The molecule has 3 rings (SSSR count). The van der Waals surface area contributed by atoms with Gasteiger partial charge in [0.1, 0.15) is 5.82 Å². The van der Waals surface area contributed by atoms with Crippen molar-refractivity contribution in [3.63, 3.8) is 0 Å². The number of amides is 1. The van der Waals surface area contributed by atoms with Crippen LogP contribution in [0.25, 0.3) is 11.6 Å². The Morgan fingerprint density at radius 1 is 1.21 bits per heavy atom. The Kier molecular flexibility index (Phi) is 6.59. The number of morpholine rings is 1. The highest BCUT2D eigenvalue weighted by Gasteiger charge is 2.27. The van der Waals surface area contributed by atoms with Crippen molar-refractivity contribution in [1.29, 1.82) is 0 Å². The van der Waals surface area contributed by atoms with E-state index in [1.54, 1.807) is 29.2 Å². The minimum Gasteiger partial charge on any atom is -0.452 e. The van der Waals surface area contributed by atoms with Crippen LogP contribution in [0, 0.1) is 5.82 Å². The summed E-state index contributed by atoms with van der Waals surface area (Å²) in [5.41, 5.74) is 1.00. The van der Waals surface area contributed by atoms with Gasteiger partial charge in [-0.3, -0.25) is 4.79 Å². The molecule has 28 heavy (non-hydrogen) atoms. The number of ether oxygens (including phenoxy) is 2. The van der Waals surface area contributed by atoms with Crippen molar-refractivity contribution in [1.82, 2.24) is 4.90 Å². The molecule has 0 radical (unpaired) electrons. The second kappa shape index (κ2) is 9.12. The molecule has 2 atom stereocenters. The van der Waals surface area contributed by atoms with Gasteiger partial charge in [0.2, 0.25) is 0 Å². The Morgan fingerprint density at radius 3 is 2.50 bits per heavy atom. The number of esters is 1. The average Bonchev–Trinajstić information content (AvgIpc) is 3.19. The van der Waals surface area contributed by atoms with Crippen molar-refractivity contribution < 1.29 is 23.5 Å². The molecular formula is C21H22FNO4S. The van der Waals surface area contributed by atoms with Gasteiger partial charge < -0.3 is 14.4 Å². The topological polar surface area (TPSA) is 55.8 Å². The molecule has 7 heteroatoms. The third-order valence-electron chi connectivity index (χ3n) is 4.29. The second-order valence-electron chi connectivity index (χ2n) is 6.72. The van der Waals surface area contributed by atoms with Gasteiger partial charge >= 0.3 is 5.97 Å². The van der Waals surface area contributed by atoms with Crippen molar-refractivity contribution in [2.75, 3.05) is 19.7 Å². The quantitative estimate of drug-likeness (QED) is 0.565. The Bertz CT molecular complexity index is 838. The highest BCUT2D eigenvalue weighted by atomic mass is 32.1. The van der Waals surface area contributed by atoms with Gasteiger partial charge in [0.05, 0.1) is 17.8 Å². The highest BCUT2D eigenvalue weighted by molar-refractivity contribution is 7.11. The van der Waals surface area contributed by atoms with Crippen molar-refractivity contribution in [3.8, 4) is 0 Å². The molecule has 1 aliphatic rings. The van der Waals surface area contributed by atoms with E-state index in [1.807, 2.05) is 25.3 Å². The van der Waals surface area contributed by atoms with Gasteiger partial charge in [-0.1, -0.05) is 18.2 Å². The Hall–Kier alpha value is -2.51. The van der Waals surface area contributed by atoms with E-state index in [-0.39, 0.29) is 30.5 Å². The molecule has 1 aromatic carbocycles. The molecule has 148 valence electrons. The SMILES string of the molecule is CC1CN(C(=O)COC(=O)/C(=C/c2ccc(F)cc2)c2cccs2)CC(C)O1. The van der Waals surface area contributed by atoms with Crippen molar-refractivity contribution >= 4 is 34.9 Å². The first-order valence-corrected chi connectivity index (χ1v) is 9.92. The van der Waals surface area contributed by atoms with Crippen LogP contribution in [0.5, 0.6) is 0 Å². The minimum absolute atomic E-state index is 0.0524. The first-order chi connectivity index (χ1) is 13.4. The molecule has 2 heterocycles. The van der Waals surface area contributed by atoms with Gasteiger partial charge in [-0.05, 0) is 49.1 Å². The lowest BCUT2D eigenvalue weighted by Crippen LogP contribution is -2.49. The fourth-order valence-corrected chi connectivity index (χ4v) is 3.80. The average molecular weight is 403 g/mol. The third kappa shape index (κ3) is 5.27. The monoisotopic (exact) mass is 403 g/mol. The van der Waals surface area contributed by atoms with Gasteiger partial charge in [0.25, 0.3) is 5.91 Å². The maximum absolute atomic E-state index is 13.1. The van der Waals surface area contributed by atoms with Crippen LogP contribution in [-0.4, -0.2) is 48.7 Å². The van der Waals surface area contributed by atoms with E-state index < -0.39 is 5.97 Å². The fourth-order valence-electron chi connectivity index (χ4n) is 3.07. The van der Waals surface area contributed by atoms with Gasteiger partial charge in [-0.2, -0.15) is 0 Å². The van der Waals surface area contributed by atoms with E-state index in [1.165, 1.54) is 23.5 Å². The zero-order chi connectivity index (χ0) is 20.1. The van der Waals surface area contributed by atoms with Crippen LogP contribution in [0.3, 0.4) is 0 Å². The zero-order valence-corrected chi connectivity index (χ0v) is 16.6. The molecule has 0 N–H and O–H groups in total. The standard InChI is InChI=1S/C21H22FNO4S/c1-14-11-23(12-15(2)27-14)20(24)13-26-21(25)18(19-4-3-9-28-19)10-16-5-7-17(22)8-6-16/h3-10,14-15H,11-13H2,1-2H3/b18-10+. The number of hydrogen-bond acceptors (Lipinski definition) is 5. The summed E-state index contributed by atoms with van der Waals surface area (Å²) in [5.74, 6) is -1.19. The van der Waals surface area contributed by atoms with Crippen LogP contribution >= 0.6 is 11.3 Å². The van der Waals surface area contributed by atoms with Crippen LogP contribution in [0.1, 0.15) is 24.3 Å². The largest absolute Gasteiger partial charge is 0.452 e. The molecule has 1 fully saturated rings. The summed E-state index contributed by atoms with van der Waals surface area (Å²) < 4.78 is 24.1. The van der Waals surface area contributed by atoms with E-state index in [2.05, 4.69) is 0 Å². The Balaban J connectivity index is 1.70. The Morgan fingerprint density at radius 2 is 1.89 bits per heavy atom. The first-order valence-electron chi connectivity index (χ1n) is 9.04. The summed E-state index contributed by atoms with van der Waals surface area (Å²) in [6.07, 6.45) is 1.53. The molecule has 2 aromatic rings. The van der Waals surface area contributed by atoms with Gasteiger partial charge in [-0.15, -0.1) is 11.3 Å². The van der Waals surface area contributed by atoms with E-state index in [0.717, 1.165) is 4.88 Å². The van der Waals surface area contributed by atoms with Crippen LogP contribution in [0.2, 0.25) is 0 Å². The summed E-state index contributed by atoms with van der Waals surface area (Å²) in [4.78, 5) is 27.5. The molecular weight excluding hydrogens is 381 g/mol. The van der Waals surface area contributed by atoms with E-state index in [9.17, 15) is 14.0 Å². The van der Waals surface area contributed by atoms with Gasteiger partial charge in [0.15, 0.2) is 6.61 Å². The first kappa shape index (κ1) is 20.2. The van der Waals surface area contributed by atoms with Crippen LogP contribution in [-0.2, 0) is 19.1 Å². The summed E-state index contributed by atoms with van der Waals surface area (Å²) in [7, 11) is 0.